The van der Waals surface area contributed by atoms with Crippen LogP contribution in [0.25, 0.3) is 0 Å². The van der Waals surface area contributed by atoms with Crippen LogP contribution in [0.2, 0.25) is 0 Å². The second-order valence-corrected chi connectivity index (χ2v) is 4.96. The number of nitrogens with one attached hydrogen (secondary N) is 1. The summed E-state index contributed by atoms with van der Waals surface area (Å²) in [5.41, 5.74) is 2.33. The Bertz CT molecular complexity index is 457. The molecule has 1 heterocycles. The number of carbonyl (C=O) groups is 2. The third kappa shape index (κ3) is 2.78. The van der Waals surface area contributed by atoms with Crippen molar-refractivity contribution in [2.75, 3.05) is 0 Å². The Balaban J connectivity index is 2.19. The van der Waals surface area contributed by atoms with Gasteiger partial charge in [-0.1, -0.05) is 43.7 Å². The molecule has 3 heteroatoms. The van der Waals surface area contributed by atoms with Gasteiger partial charge in [-0.15, -0.1) is 0 Å². The van der Waals surface area contributed by atoms with Crippen LogP contribution in [0.4, 0.5) is 0 Å². The zero-order valence-corrected chi connectivity index (χ0v) is 10.9. The van der Waals surface area contributed by atoms with Crippen molar-refractivity contribution in [3.63, 3.8) is 0 Å². The van der Waals surface area contributed by atoms with E-state index in [1.165, 1.54) is 5.57 Å². The Hall–Kier alpha value is -1.64. The predicted octanol–water partition coefficient (Wildman–Crippen LogP) is 2.51. The van der Waals surface area contributed by atoms with Crippen LogP contribution in [0.1, 0.15) is 33.1 Å². The van der Waals surface area contributed by atoms with Crippen molar-refractivity contribution in [1.29, 1.82) is 0 Å². The van der Waals surface area contributed by atoms with Crippen molar-refractivity contribution < 1.29 is 9.59 Å². The van der Waals surface area contributed by atoms with Gasteiger partial charge in [-0.2, -0.15) is 0 Å². The fraction of sp³-hybridized carbons (Fsp3) is 0.467. The SMILES string of the molecule is CCC1=CC(C)C=C(C2CCC(=O)NC2=O)C=C1. The first-order chi connectivity index (χ1) is 8.60. The number of amides is 2. The van der Waals surface area contributed by atoms with Gasteiger partial charge in [0.1, 0.15) is 0 Å². The highest BCUT2D eigenvalue weighted by Gasteiger charge is 2.28. The molecule has 0 bridgehead atoms. The van der Waals surface area contributed by atoms with E-state index in [4.69, 9.17) is 0 Å². The predicted molar refractivity (Wildman–Crippen MR) is 70.6 cm³/mol. The lowest BCUT2D eigenvalue weighted by molar-refractivity contribution is -0.135. The van der Waals surface area contributed by atoms with Crippen LogP contribution in [-0.2, 0) is 9.59 Å². The number of rotatable bonds is 2. The van der Waals surface area contributed by atoms with Gasteiger partial charge in [-0.05, 0) is 24.3 Å². The quantitative estimate of drug-likeness (QED) is 0.760. The lowest BCUT2D eigenvalue weighted by atomic mass is 9.88. The molecular weight excluding hydrogens is 226 g/mol. The minimum absolute atomic E-state index is 0.158. The molecule has 1 N–H and O–H groups in total. The van der Waals surface area contributed by atoms with Gasteiger partial charge in [-0.25, -0.2) is 0 Å². The summed E-state index contributed by atoms with van der Waals surface area (Å²) in [6.07, 6.45) is 10.5. The highest BCUT2D eigenvalue weighted by Crippen LogP contribution is 2.27. The van der Waals surface area contributed by atoms with Crippen molar-refractivity contribution >= 4 is 11.8 Å². The highest BCUT2D eigenvalue weighted by molar-refractivity contribution is 6.00. The van der Waals surface area contributed by atoms with Crippen LogP contribution in [0, 0.1) is 11.8 Å². The zero-order chi connectivity index (χ0) is 13.1. The fourth-order valence-electron chi connectivity index (χ4n) is 2.48. The third-order valence-corrected chi connectivity index (χ3v) is 3.47. The molecule has 2 atom stereocenters. The third-order valence-electron chi connectivity index (χ3n) is 3.47. The van der Waals surface area contributed by atoms with E-state index >= 15 is 0 Å². The van der Waals surface area contributed by atoms with Crippen molar-refractivity contribution in [3.8, 4) is 0 Å². The summed E-state index contributed by atoms with van der Waals surface area (Å²) in [7, 11) is 0. The second kappa shape index (κ2) is 5.34. The smallest absolute Gasteiger partial charge is 0.234 e. The molecule has 2 rings (SSSR count). The molecule has 96 valence electrons. The van der Waals surface area contributed by atoms with Gasteiger partial charge < -0.3 is 0 Å². The normalized spacial score (nSPS) is 28.3. The first-order valence-electron chi connectivity index (χ1n) is 6.54. The summed E-state index contributed by atoms with van der Waals surface area (Å²) < 4.78 is 0. The van der Waals surface area contributed by atoms with Crippen LogP contribution in [0.5, 0.6) is 0 Å². The summed E-state index contributed by atoms with van der Waals surface area (Å²) in [5, 5.41) is 2.42. The monoisotopic (exact) mass is 245 g/mol. The number of allylic oxidation sites excluding steroid dienone is 5. The van der Waals surface area contributed by atoms with E-state index < -0.39 is 0 Å². The minimum Gasteiger partial charge on any atom is -0.296 e. The van der Waals surface area contributed by atoms with Crippen molar-refractivity contribution in [3.05, 3.63) is 35.5 Å². The molecule has 0 aromatic heterocycles. The summed E-state index contributed by atoms with van der Waals surface area (Å²) in [4.78, 5) is 23.0. The number of carbonyl (C=O) groups excluding carboxylic acids is 2. The number of hydrogen-bond donors (Lipinski definition) is 1. The van der Waals surface area contributed by atoms with E-state index in [-0.39, 0.29) is 17.7 Å². The van der Waals surface area contributed by atoms with E-state index in [1.54, 1.807) is 0 Å². The van der Waals surface area contributed by atoms with Crippen LogP contribution < -0.4 is 5.32 Å². The molecule has 2 unspecified atom stereocenters. The van der Waals surface area contributed by atoms with Crippen LogP contribution >= 0.6 is 0 Å². The summed E-state index contributed by atoms with van der Waals surface area (Å²) >= 11 is 0. The summed E-state index contributed by atoms with van der Waals surface area (Å²) in [6, 6.07) is 0. The van der Waals surface area contributed by atoms with Gasteiger partial charge >= 0.3 is 0 Å². The molecule has 1 aliphatic carbocycles. The molecule has 1 saturated heterocycles. The molecule has 1 fully saturated rings. The van der Waals surface area contributed by atoms with Crippen molar-refractivity contribution in [1.82, 2.24) is 5.32 Å². The maximum atomic E-state index is 11.9. The van der Waals surface area contributed by atoms with E-state index in [2.05, 4.69) is 37.4 Å². The maximum Gasteiger partial charge on any atom is 0.234 e. The second-order valence-electron chi connectivity index (χ2n) is 4.96. The largest absolute Gasteiger partial charge is 0.296 e. The van der Waals surface area contributed by atoms with Gasteiger partial charge in [0.05, 0.1) is 5.92 Å². The average molecular weight is 245 g/mol. The molecule has 0 saturated carbocycles. The number of piperidine rings is 1. The molecule has 3 nitrogen and oxygen atoms in total. The van der Waals surface area contributed by atoms with Gasteiger partial charge in [0.15, 0.2) is 0 Å². The highest BCUT2D eigenvalue weighted by atomic mass is 16.2. The van der Waals surface area contributed by atoms with E-state index in [9.17, 15) is 9.59 Å². The number of imide groups is 1. The molecule has 0 aromatic carbocycles. The summed E-state index contributed by atoms with van der Waals surface area (Å²) in [6.45, 7) is 4.24. The lowest BCUT2D eigenvalue weighted by Gasteiger charge is -2.22. The minimum atomic E-state index is -0.175. The van der Waals surface area contributed by atoms with Crippen molar-refractivity contribution in [2.24, 2.45) is 11.8 Å². The fourth-order valence-corrected chi connectivity index (χ4v) is 2.48. The molecule has 2 aliphatic rings. The molecule has 0 aromatic rings. The van der Waals surface area contributed by atoms with Gasteiger partial charge in [-0.3, -0.25) is 14.9 Å². The Morgan fingerprint density at radius 1 is 1.28 bits per heavy atom. The Morgan fingerprint density at radius 3 is 2.72 bits per heavy atom. The maximum absolute atomic E-state index is 11.9. The molecule has 18 heavy (non-hydrogen) atoms. The topological polar surface area (TPSA) is 46.2 Å². The molecule has 2 amide bonds. The average Bonchev–Trinajstić information content (AvgIpc) is 2.50. The first-order valence-corrected chi connectivity index (χ1v) is 6.54. The Labute approximate surface area is 108 Å². The van der Waals surface area contributed by atoms with Crippen LogP contribution in [0.3, 0.4) is 0 Å². The van der Waals surface area contributed by atoms with Crippen LogP contribution in [-0.4, -0.2) is 11.8 Å². The summed E-state index contributed by atoms with van der Waals surface area (Å²) in [5.74, 6) is -0.162. The van der Waals surface area contributed by atoms with Crippen LogP contribution in [0.15, 0.2) is 35.5 Å². The molecule has 0 spiro atoms. The van der Waals surface area contributed by atoms with Crippen molar-refractivity contribution in [2.45, 2.75) is 33.1 Å². The van der Waals surface area contributed by atoms with Gasteiger partial charge in [0, 0.05) is 6.42 Å². The molecule has 1 aliphatic heterocycles. The molecule has 0 radical (unpaired) electrons. The van der Waals surface area contributed by atoms with E-state index in [0.29, 0.717) is 18.8 Å². The zero-order valence-electron chi connectivity index (χ0n) is 10.9. The first kappa shape index (κ1) is 12.8. The Morgan fingerprint density at radius 2 is 2.06 bits per heavy atom. The standard InChI is InChI=1S/C15H19NO2/c1-3-11-4-5-12(9-10(2)8-11)13-6-7-14(17)16-15(13)18/h4-5,8-10,13H,3,6-7H2,1-2H3,(H,16,17,18). The number of hydrogen-bond acceptors (Lipinski definition) is 2. The van der Waals surface area contributed by atoms with Gasteiger partial charge in [0.2, 0.25) is 11.8 Å². The van der Waals surface area contributed by atoms with Gasteiger partial charge in [0.25, 0.3) is 0 Å². The lowest BCUT2D eigenvalue weighted by Crippen LogP contribution is -2.41. The van der Waals surface area contributed by atoms with E-state index in [1.807, 2.05) is 6.08 Å². The molecular formula is C15H19NO2. The Kier molecular flexibility index (Phi) is 3.80. The van der Waals surface area contributed by atoms with E-state index in [0.717, 1.165) is 12.0 Å².